The molecule has 1 aromatic carbocycles. The molecule has 0 aliphatic heterocycles. The summed E-state index contributed by atoms with van der Waals surface area (Å²) in [5.74, 6) is -0.709. The third-order valence-electron chi connectivity index (χ3n) is 4.62. The standard InChI is InChI=1S/C21H27NO6S/c1-16-9-10-19(22(2)29(3,26)27)12-18(11-16)20(24)28-15-21(25,14-23)13-17-7-5-4-6-8-17/h4-9,11-12,23,25H,10,13-15H2,1-3H3. The number of rotatable bonds is 8. The van der Waals surface area contributed by atoms with Crippen LogP contribution in [0, 0.1) is 0 Å². The normalized spacial score (nSPS) is 16.7. The van der Waals surface area contributed by atoms with Crippen molar-refractivity contribution in [2.24, 2.45) is 0 Å². The summed E-state index contributed by atoms with van der Waals surface area (Å²) in [5.41, 5.74) is 0.552. The molecule has 1 aromatic rings. The predicted molar refractivity (Wildman–Crippen MR) is 110 cm³/mol. The van der Waals surface area contributed by atoms with Crippen molar-refractivity contribution in [1.29, 1.82) is 0 Å². The number of ether oxygens (including phenoxy) is 1. The summed E-state index contributed by atoms with van der Waals surface area (Å²) in [5, 5.41) is 20.2. The maximum atomic E-state index is 12.6. The van der Waals surface area contributed by atoms with Crippen LogP contribution in [0.1, 0.15) is 18.9 Å². The largest absolute Gasteiger partial charge is 0.459 e. The van der Waals surface area contributed by atoms with Gasteiger partial charge in [-0.2, -0.15) is 0 Å². The van der Waals surface area contributed by atoms with Crippen molar-refractivity contribution in [2.75, 3.05) is 26.5 Å². The number of nitrogens with zero attached hydrogens (tertiary/aromatic N) is 1. The van der Waals surface area contributed by atoms with Gasteiger partial charge in [-0.25, -0.2) is 13.2 Å². The molecule has 2 N–H and O–H groups in total. The van der Waals surface area contributed by atoms with Crippen LogP contribution in [-0.4, -0.2) is 61.0 Å². The molecule has 0 aromatic heterocycles. The SMILES string of the molecule is CC1=CCC(N(C)S(C)(=O)=O)=CC(C(=O)OCC(O)(CO)Cc2ccccc2)=C1. The summed E-state index contributed by atoms with van der Waals surface area (Å²) in [6.07, 6.45) is 6.42. The number of hydrogen-bond acceptors (Lipinski definition) is 6. The highest BCUT2D eigenvalue weighted by Crippen LogP contribution is 2.22. The fourth-order valence-electron chi connectivity index (χ4n) is 2.81. The minimum atomic E-state index is -3.48. The molecule has 0 saturated heterocycles. The molecule has 0 amide bonds. The van der Waals surface area contributed by atoms with E-state index in [-0.39, 0.29) is 12.0 Å². The Kier molecular flexibility index (Phi) is 7.40. The predicted octanol–water partition coefficient (Wildman–Crippen LogP) is 1.55. The number of aliphatic hydroxyl groups is 2. The highest BCUT2D eigenvalue weighted by atomic mass is 32.2. The summed E-state index contributed by atoms with van der Waals surface area (Å²) in [6.45, 7) is 0.817. The van der Waals surface area contributed by atoms with E-state index in [1.165, 1.54) is 13.1 Å². The topological polar surface area (TPSA) is 104 Å². The zero-order valence-corrected chi connectivity index (χ0v) is 17.6. The van der Waals surface area contributed by atoms with Gasteiger partial charge in [-0.15, -0.1) is 0 Å². The highest BCUT2D eigenvalue weighted by molar-refractivity contribution is 7.88. The highest BCUT2D eigenvalue weighted by Gasteiger charge is 2.29. The molecular weight excluding hydrogens is 394 g/mol. The van der Waals surface area contributed by atoms with Gasteiger partial charge >= 0.3 is 5.97 Å². The van der Waals surface area contributed by atoms with Gasteiger partial charge in [0.25, 0.3) is 0 Å². The Morgan fingerprint density at radius 2 is 1.90 bits per heavy atom. The summed E-state index contributed by atoms with van der Waals surface area (Å²) in [6, 6.07) is 9.08. The Morgan fingerprint density at radius 3 is 2.48 bits per heavy atom. The van der Waals surface area contributed by atoms with Crippen molar-refractivity contribution < 1.29 is 28.2 Å². The van der Waals surface area contributed by atoms with Crippen LogP contribution in [-0.2, 0) is 26.0 Å². The van der Waals surface area contributed by atoms with Gasteiger partial charge in [0.05, 0.1) is 18.4 Å². The molecule has 8 heteroatoms. The maximum absolute atomic E-state index is 12.6. The Labute approximate surface area is 171 Å². The first-order valence-corrected chi connectivity index (χ1v) is 11.0. The molecule has 0 fully saturated rings. The van der Waals surface area contributed by atoms with E-state index in [1.54, 1.807) is 25.1 Å². The summed E-state index contributed by atoms with van der Waals surface area (Å²) < 4.78 is 30.1. The van der Waals surface area contributed by atoms with E-state index in [0.29, 0.717) is 12.1 Å². The molecule has 1 unspecified atom stereocenters. The Bertz CT molecular complexity index is 933. The second kappa shape index (κ2) is 9.39. The first kappa shape index (κ1) is 22.9. The van der Waals surface area contributed by atoms with Crippen molar-refractivity contribution >= 4 is 16.0 Å². The Hall–Kier alpha value is -2.42. The molecule has 2 rings (SSSR count). The first-order valence-electron chi connectivity index (χ1n) is 9.11. The number of esters is 1. The van der Waals surface area contributed by atoms with Crippen LogP contribution >= 0.6 is 0 Å². The summed E-state index contributed by atoms with van der Waals surface area (Å²) in [7, 11) is -2.06. The number of carbonyl (C=O) groups is 1. The summed E-state index contributed by atoms with van der Waals surface area (Å²) >= 11 is 0. The number of benzene rings is 1. The van der Waals surface area contributed by atoms with Gasteiger partial charge in [0.15, 0.2) is 0 Å². The lowest BCUT2D eigenvalue weighted by Crippen LogP contribution is -2.41. The zero-order chi connectivity index (χ0) is 21.7. The lowest BCUT2D eigenvalue weighted by atomic mass is 9.96. The number of carbonyl (C=O) groups excluding carboxylic acids is 1. The van der Waals surface area contributed by atoms with Crippen molar-refractivity contribution in [2.45, 2.75) is 25.4 Å². The molecule has 0 heterocycles. The molecule has 158 valence electrons. The summed E-state index contributed by atoms with van der Waals surface area (Å²) in [4.78, 5) is 12.6. The maximum Gasteiger partial charge on any atom is 0.338 e. The smallest absolute Gasteiger partial charge is 0.338 e. The van der Waals surface area contributed by atoms with Gasteiger partial charge < -0.3 is 14.9 Å². The first-order chi connectivity index (χ1) is 13.5. The number of aliphatic hydroxyl groups excluding tert-OH is 1. The lowest BCUT2D eigenvalue weighted by molar-refractivity contribution is -0.149. The number of allylic oxidation sites excluding steroid dienone is 3. The van der Waals surface area contributed by atoms with E-state index in [2.05, 4.69) is 0 Å². The third kappa shape index (κ3) is 6.56. The van der Waals surface area contributed by atoms with Crippen molar-refractivity contribution in [3.05, 3.63) is 71.0 Å². The quantitative estimate of drug-likeness (QED) is 0.617. The van der Waals surface area contributed by atoms with Gasteiger partial charge in [0.2, 0.25) is 10.0 Å². The van der Waals surface area contributed by atoms with Crippen LogP contribution in [0.25, 0.3) is 0 Å². The average molecular weight is 422 g/mol. The minimum Gasteiger partial charge on any atom is -0.459 e. The molecule has 0 radical (unpaired) electrons. The minimum absolute atomic E-state index is 0.119. The van der Waals surface area contributed by atoms with Gasteiger partial charge in [-0.05, 0) is 24.6 Å². The monoisotopic (exact) mass is 421 g/mol. The van der Waals surface area contributed by atoms with Crippen LogP contribution in [0.5, 0.6) is 0 Å². The van der Waals surface area contributed by atoms with Crippen molar-refractivity contribution in [3.8, 4) is 0 Å². The molecule has 7 nitrogen and oxygen atoms in total. The fraction of sp³-hybridized carbons (Fsp3) is 0.381. The van der Waals surface area contributed by atoms with Gasteiger partial charge in [-0.3, -0.25) is 4.31 Å². The van der Waals surface area contributed by atoms with Gasteiger partial charge in [0.1, 0.15) is 12.2 Å². The molecule has 0 bridgehead atoms. The van der Waals surface area contributed by atoms with Crippen LogP contribution in [0.2, 0.25) is 0 Å². The number of hydrogen-bond donors (Lipinski definition) is 2. The second-order valence-electron chi connectivity index (χ2n) is 7.24. The Balaban J connectivity index is 2.15. The van der Waals surface area contributed by atoms with Crippen LogP contribution < -0.4 is 0 Å². The molecular formula is C21H27NO6S. The van der Waals surface area contributed by atoms with Crippen LogP contribution in [0.15, 0.2) is 65.4 Å². The van der Waals surface area contributed by atoms with E-state index in [1.807, 2.05) is 24.3 Å². The zero-order valence-electron chi connectivity index (χ0n) is 16.8. The lowest BCUT2D eigenvalue weighted by Gasteiger charge is -2.25. The van der Waals surface area contributed by atoms with E-state index in [4.69, 9.17) is 4.74 Å². The number of sulfonamides is 1. The van der Waals surface area contributed by atoms with Crippen LogP contribution in [0.3, 0.4) is 0 Å². The molecule has 1 aliphatic carbocycles. The fourth-order valence-corrected chi connectivity index (χ4v) is 3.36. The third-order valence-corrected chi connectivity index (χ3v) is 5.85. The van der Waals surface area contributed by atoms with Gasteiger partial charge in [-0.1, -0.05) is 42.0 Å². The molecule has 1 aliphatic rings. The molecule has 0 saturated carbocycles. The van der Waals surface area contributed by atoms with E-state index < -0.39 is 34.8 Å². The molecule has 1 atom stereocenters. The molecule has 0 spiro atoms. The van der Waals surface area contributed by atoms with E-state index >= 15 is 0 Å². The van der Waals surface area contributed by atoms with Gasteiger partial charge in [0, 0.05) is 25.6 Å². The average Bonchev–Trinajstić information content (AvgIpc) is 2.87. The Morgan fingerprint density at radius 1 is 1.24 bits per heavy atom. The van der Waals surface area contributed by atoms with Crippen LogP contribution in [0.4, 0.5) is 0 Å². The molecule has 29 heavy (non-hydrogen) atoms. The van der Waals surface area contributed by atoms with Crippen molar-refractivity contribution in [1.82, 2.24) is 4.31 Å². The van der Waals surface area contributed by atoms with Crippen molar-refractivity contribution in [3.63, 3.8) is 0 Å². The van der Waals surface area contributed by atoms with E-state index in [0.717, 1.165) is 21.7 Å². The second-order valence-corrected chi connectivity index (χ2v) is 9.25. The van der Waals surface area contributed by atoms with E-state index in [9.17, 15) is 23.4 Å².